The highest BCUT2D eigenvalue weighted by molar-refractivity contribution is 5.76. The molecule has 0 aliphatic carbocycles. The molecule has 6 heteroatoms. The minimum atomic E-state index is -0.842. The molecule has 2 aromatic rings. The largest absolute Gasteiger partial charge is 0.497 e. The summed E-state index contributed by atoms with van der Waals surface area (Å²) in [7, 11) is 4.53. The van der Waals surface area contributed by atoms with Gasteiger partial charge < -0.3 is 23.7 Å². The van der Waals surface area contributed by atoms with Crippen LogP contribution in [0.15, 0.2) is 48.5 Å². The topological polar surface area (TPSA) is 63.2 Å². The predicted molar refractivity (Wildman–Crippen MR) is 89.4 cm³/mol. The lowest BCUT2D eigenvalue weighted by atomic mass is 10.0. The van der Waals surface area contributed by atoms with Crippen LogP contribution >= 0.6 is 0 Å². The van der Waals surface area contributed by atoms with Crippen LogP contribution in [0.25, 0.3) is 0 Å². The summed E-state index contributed by atoms with van der Waals surface area (Å²) in [4.78, 5) is 12.1. The fourth-order valence-electron chi connectivity index (χ4n) is 2.70. The second kappa shape index (κ2) is 7.55. The van der Waals surface area contributed by atoms with Crippen LogP contribution in [0.1, 0.15) is 23.5 Å². The molecule has 0 aromatic heterocycles. The molecular formula is C19H20O6. The molecule has 0 spiro atoms. The van der Waals surface area contributed by atoms with Crippen molar-refractivity contribution in [2.24, 2.45) is 0 Å². The van der Waals surface area contributed by atoms with Crippen molar-refractivity contribution in [3.05, 3.63) is 59.7 Å². The Kier molecular flexibility index (Phi) is 5.21. The van der Waals surface area contributed by atoms with Crippen molar-refractivity contribution in [2.45, 2.75) is 18.5 Å². The van der Waals surface area contributed by atoms with E-state index in [9.17, 15) is 4.79 Å². The van der Waals surface area contributed by atoms with Crippen molar-refractivity contribution in [2.75, 3.05) is 21.3 Å². The number of rotatable bonds is 5. The second-order valence-corrected chi connectivity index (χ2v) is 5.51. The quantitative estimate of drug-likeness (QED) is 0.777. The highest BCUT2D eigenvalue weighted by atomic mass is 16.7. The van der Waals surface area contributed by atoms with Crippen LogP contribution in [0, 0.1) is 0 Å². The van der Waals surface area contributed by atoms with Gasteiger partial charge in [-0.15, -0.1) is 0 Å². The smallest absolute Gasteiger partial charge is 0.338 e. The van der Waals surface area contributed by atoms with Gasteiger partial charge in [-0.25, -0.2) is 4.79 Å². The third-order valence-electron chi connectivity index (χ3n) is 4.08. The van der Waals surface area contributed by atoms with Crippen LogP contribution in [-0.2, 0) is 19.0 Å². The zero-order chi connectivity index (χ0) is 17.8. The van der Waals surface area contributed by atoms with Gasteiger partial charge in [0.1, 0.15) is 17.6 Å². The van der Waals surface area contributed by atoms with E-state index in [4.69, 9.17) is 23.7 Å². The number of methoxy groups -OCH3 is 3. The molecule has 3 unspecified atom stereocenters. The molecular weight excluding hydrogens is 324 g/mol. The van der Waals surface area contributed by atoms with Crippen molar-refractivity contribution >= 4 is 5.97 Å². The summed E-state index contributed by atoms with van der Waals surface area (Å²) in [6.07, 6.45) is -2.07. The highest BCUT2D eigenvalue weighted by Gasteiger charge is 2.43. The van der Waals surface area contributed by atoms with Gasteiger partial charge in [0.15, 0.2) is 12.4 Å². The monoisotopic (exact) mass is 344 g/mol. The summed E-state index contributed by atoms with van der Waals surface area (Å²) in [6, 6.07) is 14.6. The lowest BCUT2D eigenvalue weighted by Gasteiger charge is -2.15. The van der Waals surface area contributed by atoms with Gasteiger partial charge in [0, 0.05) is 5.56 Å². The fraction of sp³-hybridized carbons (Fsp3) is 0.316. The average Bonchev–Trinajstić information content (AvgIpc) is 3.13. The van der Waals surface area contributed by atoms with E-state index >= 15 is 0 Å². The Morgan fingerprint density at radius 1 is 0.800 bits per heavy atom. The van der Waals surface area contributed by atoms with E-state index < -0.39 is 24.5 Å². The summed E-state index contributed by atoms with van der Waals surface area (Å²) in [6.45, 7) is 0. The zero-order valence-corrected chi connectivity index (χ0v) is 14.3. The Labute approximate surface area is 146 Å². The van der Waals surface area contributed by atoms with Crippen LogP contribution in [0.5, 0.6) is 11.5 Å². The van der Waals surface area contributed by atoms with Gasteiger partial charge in [-0.2, -0.15) is 0 Å². The minimum Gasteiger partial charge on any atom is -0.497 e. The predicted octanol–water partition coefficient (Wildman–Crippen LogP) is 3.03. The SMILES string of the molecule is COC(=O)C1OC(c2ccc(OC)cc2)OC1c1ccc(OC)cc1. The third-order valence-corrected chi connectivity index (χ3v) is 4.08. The molecule has 1 aliphatic rings. The van der Waals surface area contributed by atoms with Gasteiger partial charge in [0.05, 0.1) is 21.3 Å². The van der Waals surface area contributed by atoms with Crippen molar-refractivity contribution in [3.63, 3.8) is 0 Å². The molecule has 3 atom stereocenters. The number of hydrogen-bond acceptors (Lipinski definition) is 6. The van der Waals surface area contributed by atoms with E-state index in [1.165, 1.54) is 7.11 Å². The van der Waals surface area contributed by atoms with Gasteiger partial charge in [-0.05, 0) is 29.8 Å². The van der Waals surface area contributed by atoms with Crippen molar-refractivity contribution in [3.8, 4) is 11.5 Å². The maximum Gasteiger partial charge on any atom is 0.338 e. The number of carbonyl (C=O) groups excluding carboxylic acids is 1. The van der Waals surface area contributed by atoms with Gasteiger partial charge in [0.25, 0.3) is 0 Å². The molecule has 25 heavy (non-hydrogen) atoms. The van der Waals surface area contributed by atoms with Crippen LogP contribution < -0.4 is 9.47 Å². The zero-order valence-electron chi connectivity index (χ0n) is 14.3. The summed E-state index contributed by atoms with van der Waals surface area (Å²) in [5.41, 5.74) is 1.61. The maximum atomic E-state index is 12.1. The van der Waals surface area contributed by atoms with E-state index in [-0.39, 0.29) is 0 Å². The Hall–Kier alpha value is -2.57. The normalized spacial score (nSPS) is 22.4. The molecule has 1 aliphatic heterocycles. The minimum absolute atomic E-state index is 0.475. The molecule has 1 heterocycles. The van der Waals surface area contributed by atoms with Crippen LogP contribution in [0.3, 0.4) is 0 Å². The average molecular weight is 344 g/mol. The number of esters is 1. The van der Waals surface area contributed by atoms with E-state index in [0.717, 1.165) is 22.6 Å². The Morgan fingerprint density at radius 3 is 1.80 bits per heavy atom. The fourth-order valence-corrected chi connectivity index (χ4v) is 2.70. The van der Waals surface area contributed by atoms with Gasteiger partial charge >= 0.3 is 5.97 Å². The Morgan fingerprint density at radius 2 is 1.32 bits per heavy atom. The molecule has 0 amide bonds. The second-order valence-electron chi connectivity index (χ2n) is 5.51. The van der Waals surface area contributed by atoms with Crippen LogP contribution in [0.4, 0.5) is 0 Å². The van der Waals surface area contributed by atoms with Gasteiger partial charge in [0.2, 0.25) is 0 Å². The molecule has 2 aromatic carbocycles. The van der Waals surface area contributed by atoms with Crippen molar-refractivity contribution in [1.29, 1.82) is 0 Å². The van der Waals surface area contributed by atoms with Gasteiger partial charge in [-0.1, -0.05) is 24.3 Å². The third kappa shape index (κ3) is 3.60. The summed E-state index contributed by atoms with van der Waals surface area (Å²) >= 11 is 0. The van der Waals surface area contributed by atoms with Gasteiger partial charge in [-0.3, -0.25) is 0 Å². The lowest BCUT2D eigenvalue weighted by molar-refractivity contribution is -0.154. The molecule has 6 nitrogen and oxygen atoms in total. The first-order valence-electron chi connectivity index (χ1n) is 7.83. The highest BCUT2D eigenvalue weighted by Crippen LogP contribution is 2.41. The molecule has 1 saturated heterocycles. The Balaban J connectivity index is 1.85. The van der Waals surface area contributed by atoms with Crippen molar-refractivity contribution < 1.29 is 28.5 Å². The van der Waals surface area contributed by atoms with E-state index in [2.05, 4.69) is 0 Å². The molecule has 0 bridgehead atoms. The molecule has 3 rings (SSSR count). The number of benzene rings is 2. The Bertz CT molecular complexity index is 710. The number of hydrogen-bond donors (Lipinski definition) is 0. The molecule has 0 N–H and O–H groups in total. The molecule has 0 saturated carbocycles. The van der Waals surface area contributed by atoms with Crippen LogP contribution in [0.2, 0.25) is 0 Å². The van der Waals surface area contributed by atoms with Crippen LogP contribution in [-0.4, -0.2) is 33.4 Å². The lowest BCUT2D eigenvalue weighted by Crippen LogP contribution is -2.27. The molecule has 0 radical (unpaired) electrons. The first-order chi connectivity index (χ1) is 12.2. The van der Waals surface area contributed by atoms with E-state index in [1.807, 2.05) is 48.5 Å². The summed E-state index contributed by atoms with van der Waals surface area (Å²) in [5.74, 6) is 0.985. The standard InChI is InChI=1S/C19H20O6/c1-21-14-8-4-12(5-9-14)16-17(18(20)23-3)25-19(24-16)13-6-10-15(22-2)11-7-13/h4-11,16-17,19H,1-3H3. The molecule has 1 fully saturated rings. The van der Waals surface area contributed by atoms with E-state index in [0.29, 0.717) is 0 Å². The summed E-state index contributed by atoms with van der Waals surface area (Å²) < 4.78 is 27.0. The van der Waals surface area contributed by atoms with Crippen molar-refractivity contribution in [1.82, 2.24) is 0 Å². The number of ether oxygens (including phenoxy) is 5. The summed E-state index contributed by atoms with van der Waals surface area (Å²) in [5, 5.41) is 0. The maximum absolute atomic E-state index is 12.1. The first kappa shape index (κ1) is 17.3. The first-order valence-corrected chi connectivity index (χ1v) is 7.83. The van der Waals surface area contributed by atoms with E-state index in [1.54, 1.807) is 14.2 Å². The molecule has 132 valence electrons. The number of carbonyl (C=O) groups is 1.